The number of rotatable bonds is 8. The normalized spacial score (nSPS) is 10.5. The molecule has 0 aromatic heterocycles. The fourth-order valence-corrected chi connectivity index (χ4v) is 1.43. The van der Waals surface area contributed by atoms with Gasteiger partial charge in [0.15, 0.2) is 0 Å². The molecule has 0 aliphatic carbocycles. The molecule has 0 saturated carbocycles. The molecule has 0 saturated heterocycles. The molecular formula is C15H22O4. The van der Waals surface area contributed by atoms with Gasteiger partial charge in [0, 0.05) is 0 Å². The number of ether oxygens (including phenoxy) is 3. The highest BCUT2D eigenvalue weighted by atomic mass is 16.6. The first-order valence-electron chi connectivity index (χ1n) is 6.65. The largest absolute Gasteiger partial charge is 0.494 e. The van der Waals surface area contributed by atoms with Crippen LogP contribution in [-0.2, 0) is 9.47 Å². The summed E-state index contributed by atoms with van der Waals surface area (Å²) in [6.45, 7) is 7.23. The maximum absolute atomic E-state index is 11.8. The number of carbonyl (C=O) groups is 1. The van der Waals surface area contributed by atoms with Gasteiger partial charge in [0.2, 0.25) is 0 Å². The number of hydrogen-bond acceptors (Lipinski definition) is 4. The molecule has 0 fully saturated rings. The molecule has 1 aromatic carbocycles. The van der Waals surface area contributed by atoms with Gasteiger partial charge in [0.05, 0.1) is 24.9 Å². The van der Waals surface area contributed by atoms with Gasteiger partial charge >= 0.3 is 5.97 Å². The number of hydrogen-bond donors (Lipinski definition) is 0. The smallest absolute Gasteiger partial charge is 0.338 e. The van der Waals surface area contributed by atoms with Crippen molar-refractivity contribution in [1.82, 2.24) is 0 Å². The monoisotopic (exact) mass is 266 g/mol. The van der Waals surface area contributed by atoms with Gasteiger partial charge < -0.3 is 14.2 Å². The third-order valence-electron chi connectivity index (χ3n) is 2.31. The maximum Gasteiger partial charge on any atom is 0.338 e. The molecule has 0 aliphatic heterocycles. The second-order valence-electron chi connectivity index (χ2n) is 4.43. The molecule has 0 aliphatic rings. The minimum Gasteiger partial charge on any atom is -0.494 e. The van der Waals surface area contributed by atoms with E-state index in [0.717, 1.165) is 6.42 Å². The second kappa shape index (κ2) is 8.53. The molecule has 0 atom stereocenters. The predicted molar refractivity (Wildman–Crippen MR) is 73.6 cm³/mol. The minimum atomic E-state index is -0.352. The summed E-state index contributed by atoms with van der Waals surface area (Å²) >= 11 is 0. The SMILES string of the molecule is CCCOc1cccc(C(=O)OCCOC(C)C)c1. The summed E-state index contributed by atoms with van der Waals surface area (Å²) < 4.78 is 15.9. The average molecular weight is 266 g/mol. The van der Waals surface area contributed by atoms with Crippen molar-refractivity contribution in [1.29, 1.82) is 0 Å². The van der Waals surface area contributed by atoms with Crippen LogP contribution in [0.25, 0.3) is 0 Å². The van der Waals surface area contributed by atoms with Crippen LogP contribution in [0.2, 0.25) is 0 Å². The lowest BCUT2D eigenvalue weighted by atomic mass is 10.2. The lowest BCUT2D eigenvalue weighted by molar-refractivity contribution is 0.0176. The Kier molecular flexibility index (Phi) is 6.97. The Morgan fingerprint density at radius 2 is 2.00 bits per heavy atom. The van der Waals surface area contributed by atoms with Crippen LogP contribution in [0, 0.1) is 0 Å². The number of esters is 1. The lowest BCUT2D eigenvalue weighted by Gasteiger charge is -2.09. The third-order valence-corrected chi connectivity index (χ3v) is 2.31. The van der Waals surface area contributed by atoms with Crippen molar-refractivity contribution in [3.05, 3.63) is 29.8 Å². The molecule has 0 amide bonds. The Bertz CT molecular complexity index is 387. The van der Waals surface area contributed by atoms with E-state index in [1.165, 1.54) is 0 Å². The van der Waals surface area contributed by atoms with Crippen molar-refractivity contribution >= 4 is 5.97 Å². The van der Waals surface area contributed by atoms with Crippen molar-refractivity contribution in [2.45, 2.75) is 33.3 Å². The van der Waals surface area contributed by atoms with Crippen LogP contribution in [0.5, 0.6) is 5.75 Å². The van der Waals surface area contributed by atoms with E-state index in [9.17, 15) is 4.79 Å². The van der Waals surface area contributed by atoms with Gasteiger partial charge in [-0.05, 0) is 38.5 Å². The topological polar surface area (TPSA) is 44.8 Å². The molecule has 0 N–H and O–H groups in total. The Morgan fingerprint density at radius 1 is 1.21 bits per heavy atom. The summed E-state index contributed by atoms with van der Waals surface area (Å²) in [6, 6.07) is 7.02. The van der Waals surface area contributed by atoms with Gasteiger partial charge in [0.1, 0.15) is 12.4 Å². The van der Waals surface area contributed by atoms with Gasteiger partial charge in [-0.1, -0.05) is 13.0 Å². The fraction of sp³-hybridized carbons (Fsp3) is 0.533. The van der Waals surface area contributed by atoms with E-state index in [1.807, 2.05) is 26.8 Å². The molecule has 1 rings (SSSR count). The molecule has 0 unspecified atom stereocenters. The number of carbonyl (C=O) groups excluding carboxylic acids is 1. The first-order valence-corrected chi connectivity index (χ1v) is 6.65. The standard InChI is InChI=1S/C15H22O4/c1-4-8-18-14-7-5-6-13(11-14)15(16)19-10-9-17-12(2)3/h5-7,11-12H,4,8-10H2,1-3H3. The van der Waals surface area contributed by atoms with Crippen molar-refractivity contribution < 1.29 is 19.0 Å². The van der Waals surface area contributed by atoms with E-state index in [0.29, 0.717) is 24.5 Å². The van der Waals surface area contributed by atoms with Crippen molar-refractivity contribution in [2.75, 3.05) is 19.8 Å². The first kappa shape index (κ1) is 15.5. The van der Waals surface area contributed by atoms with Crippen LogP contribution >= 0.6 is 0 Å². The fourth-order valence-electron chi connectivity index (χ4n) is 1.43. The van der Waals surface area contributed by atoms with E-state index < -0.39 is 0 Å². The van der Waals surface area contributed by atoms with E-state index in [1.54, 1.807) is 18.2 Å². The highest BCUT2D eigenvalue weighted by Crippen LogP contribution is 2.14. The Balaban J connectivity index is 2.43. The summed E-state index contributed by atoms with van der Waals surface area (Å²) in [7, 11) is 0. The summed E-state index contributed by atoms with van der Waals surface area (Å²) in [6.07, 6.45) is 1.07. The molecule has 4 heteroatoms. The van der Waals surface area contributed by atoms with Gasteiger partial charge in [-0.15, -0.1) is 0 Å². The second-order valence-corrected chi connectivity index (χ2v) is 4.43. The van der Waals surface area contributed by atoms with E-state index >= 15 is 0 Å². The summed E-state index contributed by atoms with van der Waals surface area (Å²) in [4.78, 5) is 11.8. The highest BCUT2D eigenvalue weighted by Gasteiger charge is 2.08. The molecule has 1 aromatic rings. The van der Waals surface area contributed by atoms with Crippen LogP contribution in [0.3, 0.4) is 0 Å². The zero-order chi connectivity index (χ0) is 14.1. The van der Waals surface area contributed by atoms with E-state index in [2.05, 4.69) is 0 Å². The van der Waals surface area contributed by atoms with Crippen molar-refractivity contribution in [3.63, 3.8) is 0 Å². The molecule has 0 spiro atoms. The van der Waals surface area contributed by atoms with Crippen molar-refractivity contribution in [2.24, 2.45) is 0 Å². The Labute approximate surface area is 114 Å². The maximum atomic E-state index is 11.8. The molecule has 106 valence electrons. The van der Waals surface area contributed by atoms with Crippen molar-refractivity contribution in [3.8, 4) is 5.75 Å². The van der Waals surface area contributed by atoms with E-state index in [-0.39, 0.29) is 18.7 Å². The number of benzene rings is 1. The van der Waals surface area contributed by atoms with Crippen LogP contribution in [0.4, 0.5) is 0 Å². The van der Waals surface area contributed by atoms with Gasteiger partial charge in [-0.3, -0.25) is 0 Å². The predicted octanol–water partition coefficient (Wildman–Crippen LogP) is 3.06. The Morgan fingerprint density at radius 3 is 2.68 bits per heavy atom. The summed E-state index contributed by atoms with van der Waals surface area (Å²) in [5.41, 5.74) is 0.498. The van der Waals surface area contributed by atoms with Gasteiger partial charge in [-0.2, -0.15) is 0 Å². The van der Waals surface area contributed by atoms with E-state index in [4.69, 9.17) is 14.2 Å². The molecular weight excluding hydrogens is 244 g/mol. The Hall–Kier alpha value is -1.55. The van der Waals surface area contributed by atoms with Gasteiger partial charge in [-0.25, -0.2) is 4.79 Å². The molecule has 19 heavy (non-hydrogen) atoms. The zero-order valence-electron chi connectivity index (χ0n) is 11.8. The van der Waals surface area contributed by atoms with Gasteiger partial charge in [0.25, 0.3) is 0 Å². The molecule has 0 heterocycles. The summed E-state index contributed by atoms with van der Waals surface area (Å²) in [5, 5.41) is 0. The summed E-state index contributed by atoms with van der Waals surface area (Å²) in [5.74, 6) is 0.337. The molecule has 4 nitrogen and oxygen atoms in total. The molecule has 0 bridgehead atoms. The third kappa shape index (κ3) is 6.25. The minimum absolute atomic E-state index is 0.143. The van der Waals surface area contributed by atoms with Crippen LogP contribution < -0.4 is 4.74 Å². The van der Waals surface area contributed by atoms with Crippen LogP contribution in [0.1, 0.15) is 37.6 Å². The average Bonchev–Trinajstić information content (AvgIpc) is 2.41. The highest BCUT2D eigenvalue weighted by molar-refractivity contribution is 5.89. The molecule has 0 radical (unpaired) electrons. The van der Waals surface area contributed by atoms with Crippen LogP contribution in [0.15, 0.2) is 24.3 Å². The first-order chi connectivity index (χ1) is 9.13. The lowest BCUT2D eigenvalue weighted by Crippen LogP contribution is -2.13. The van der Waals surface area contributed by atoms with Crippen LogP contribution in [-0.4, -0.2) is 31.9 Å². The zero-order valence-corrected chi connectivity index (χ0v) is 11.8. The quantitative estimate of drug-likeness (QED) is 0.536.